The van der Waals surface area contributed by atoms with Crippen LogP contribution in [-0.2, 0) is 0 Å². The number of nitrogens with zero attached hydrogens (tertiary/aromatic N) is 1. The molecule has 1 saturated heterocycles. The van der Waals surface area contributed by atoms with Crippen LogP contribution in [0, 0.1) is 5.82 Å². The number of benzene rings is 1. The summed E-state index contributed by atoms with van der Waals surface area (Å²) in [6.07, 6.45) is 0.984. The lowest BCUT2D eigenvalue weighted by molar-refractivity contribution is 0.0647. The number of amides is 1. The summed E-state index contributed by atoms with van der Waals surface area (Å²) in [6, 6.07) is 4.26. The third-order valence-corrected chi connectivity index (χ3v) is 2.63. The standard InChI is InChI=1S/C10H9ClFNO/c11-7-3-1-4-8(12)9(7)10(14)13-5-2-6-13/h1,3-4H,2,5-6H2. The summed E-state index contributed by atoms with van der Waals surface area (Å²) in [6.45, 7) is 1.40. The number of rotatable bonds is 1. The number of halogens is 2. The maximum Gasteiger partial charge on any atom is 0.258 e. The average molecular weight is 214 g/mol. The number of hydrogen-bond acceptors (Lipinski definition) is 1. The van der Waals surface area contributed by atoms with E-state index in [1.54, 1.807) is 4.90 Å². The summed E-state index contributed by atoms with van der Waals surface area (Å²) in [5.41, 5.74) is -0.00568. The Morgan fingerprint density at radius 2 is 2.14 bits per heavy atom. The van der Waals surface area contributed by atoms with Gasteiger partial charge >= 0.3 is 0 Å². The molecule has 1 fully saturated rings. The van der Waals surface area contributed by atoms with Gasteiger partial charge in [-0.1, -0.05) is 17.7 Å². The maximum atomic E-state index is 13.3. The highest BCUT2D eigenvalue weighted by molar-refractivity contribution is 6.33. The molecule has 0 bridgehead atoms. The predicted molar refractivity (Wildman–Crippen MR) is 51.9 cm³/mol. The van der Waals surface area contributed by atoms with E-state index in [9.17, 15) is 9.18 Å². The molecule has 1 aliphatic rings. The van der Waals surface area contributed by atoms with E-state index in [0.717, 1.165) is 6.42 Å². The van der Waals surface area contributed by atoms with Crippen LogP contribution in [0.3, 0.4) is 0 Å². The Kier molecular flexibility index (Phi) is 2.42. The van der Waals surface area contributed by atoms with Gasteiger partial charge in [-0.15, -0.1) is 0 Å². The van der Waals surface area contributed by atoms with Crippen molar-refractivity contribution >= 4 is 17.5 Å². The number of likely N-dealkylation sites (tertiary alicyclic amines) is 1. The van der Waals surface area contributed by atoms with E-state index >= 15 is 0 Å². The molecule has 1 aliphatic heterocycles. The molecule has 1 amide bonds. The van der Waals surface area contributed by atoms with Crippen molar-refractivity contribution in [3.8, 4) is 0 Å². The summed E-state index contributed by atoms with van der Waals surface area (Å²) in [5.74, 6) is -0.853. The summed E-state index contributed by atoms with van der Waals surface area (Å²) in [7, 11) is 0. The van der Waals surface area contributed by atoms with Crippen molar-refractivity contribution in [3.05, 3.63) is 34.6 Å². The number of carbonyl (C=O) groups excluding carboxylic acids is 1. The quantitative estimate of drug-likeness (QED) is 0.701. The minimum Gasteiger partial charge on any atom is -0.338 e. The van der Waals surface area contributed by atoms with Crippen molar-refractivity contribution in [3.63, 3.8) is 0 Å². The molecular formula is C10H9ClFNO. The highest BCUT2D eigenvalue weighted by Gasteiger charge is 2.25. The Hall–Kier alpha value is -1.09. The first kappa shape index (κ1) is 9.46. The molecule has 14 heavy (non-hydrogen) atoms. The zero-order valence-electron chi connectivity index (χ0n) is 7.46. The lowest BCUT2D eigenvalue weighted by Crippen LogP contribution is -2.42. The minimum absolute atomic E-state index is 0.00568. The lowest BCUT2D eigenvalue weighted by Gasteiger charge is -2.31. The fraction of sp³-hybridized carbons (Fsp3) is 0.300. The largest absolute Gasteiger partial charge is 0.338 e. The van der Waals surface area contributed by atoms with E-state index in [1.807, 2.05) is 0 Å². The van der Waals surface area contributed by atoms with Crippen molar-refractivity contribution in [2.24, 2.45) is 0 Å². The highest BCUT2D eigenvalue weighted by atomic mass is 35.5. The molecule has 1 aromatic rings. The fourth-order valence-corrected chi connectivity index (χ4v) is 1.62. The topological polar surface area (TPSA) is 20.3 Å². The molecule has 4 heteroatoms. The molecule has 0 N–H and O–H groups in total. The molecule has 2 rings (SSSR count). The van der Waals surface area contributed by atoms with Gasteiger partial charge in [-0.25, -0.2) is 4.39 Å². The Balaban J connectivity index is 2.34. The van der Waals surface area contributed by atoms with Gasteiger partial charge in [0.05, 0.1) is 10.6 Å². The van der Waals surface area contributed by atoms with E-state index in [4.69, 9.17) is 11.6 Å². The molecular weight excluding hydrogens is 205 g/mol. The van der Waals surface area contributed by atoms with Crippen LogP contribution in [0.15, 0.2) is 18.2 Å². The van der Waals surface area contributed by atoms with Crippen LogP contribution in [0.4, 0.5) is 4.39 Å². The van der Waals surface area contributed by atoms with Crippen LogP contribution in [0.5, 0.6) is 0 Å². The maximum absolute atomic E-state index is 13.3. The van der Waals surface area contributed by atoms with Crippen LogP contribution < -0.4 is 0 Å². The van der Waals surface area contributed by atoms with Crippen molar-refractivity contribution < 1.29 is 9.18 Å². The second-order valence-electron chi connectivity index (χ2n) is 3.24. The van der Waals surface area contributed by atoms with Gasteiger partial charge in [0.15, 0.2) is 0 Å². The lowest BCUT2D eigenvalue weighted by atomic mass is 10.1. The van der Waals surface area contributed by atoms with Crippen LogP contribution in [0.2, 0.25) is 5.02 Å². The molecule has 0 spiro atoms. The zero-order valence-corrected chi connectivity index (χ0v) is 8.22. The monoisotopic (exact) mass is 213 g/mol. The summed E-state index contributed by atoms with van der Waals surface area (Å²) in [4.78, 5) is 13.3. The van der Waals surface area contributed by atoms with Crippen molar-refractivity contribution in [2.45, 2.75) is 6.42 Å². The molecule has 0 radical (unpaired) electrons. The Morgan fingerprint density at radius 1 is 1.43 bits per heavy atom. The van der Waals surface area contributed by atoms with E-state index in [-0.39, 0.29) is 16.5 Å². The van der Waals surface area contributed by atoms with Crippen LogP contribution >= 0.6 is 11.6 Å². The summed E-state index contributed by atoms with van der Waals surface area (Å²) >= 11 is 5.76. The SMILES string of the molecule is O=C(c1c(F)cccc1Cl)N1CCC1. The van der Waals surface area contributed by atoms with Crippen LogP contribution in [0.25, 0.3) is 0 Å². The third kappa shape index (κ3) is 1.48. The smallest absolute Gasteiger partial charge is 0.258 e. The van der Waals surface area contributed by atoms with Crippen LogP contribution in [-0.4, -0.2) is 23.9 Å². The van der Waals surface area contributed by atoms with E-state index in [1.165, 1.54) is 18.2 Å². The van der Waals surface area contributed by atoms with E-state index in [0.29, 0.717) is 13.1 Å². The Bertz CT molecular complexity index is 356. The third-order valence-electron chi connectivity index (χ3n) is 2.32. The Morgan fingerprint density at radius 3 is 2.64 bits per heavy atom. The Labute approximate surface area is 86.3 Å². The number of carbonyl (C=O) groups is 1. The average Bonchev–Trinajstić information content (AvgIpc) is 2.00. The van der Waals surface area contributed by atoms with Gasteiger partial charge in [0.1, 0.15) is 5.82 Å². The van der Waals surface area contributed by atoms with Gasteiger partial charge in [-0.2, -0.15) is 0 Å². The molecule has 74 valence electrons. The molecule has 0 saturated carbocycles. The molecule has 2 nitrogen and oxygen atoms in total. The summed E-state index contributed by atoms with van der Waals surface area (Å²) < 4.78 is 13.3. The molecule has 1 aromatic carbocycles. The molecule has 0 atom stereocenters. The molecule has 1 heterocycles. The van der Waals surface area contributed by atoms with Crippen molar-refractivity contribution in [1.82, 2.24) is 4.90 Å². The summed E-state index contributed by atoms with van der Waals surface area (Å²) in [5, 5.41) is 0.182. The second-order valence-corrected chi connectivity index (χ2v) is 3.65. The normalized spacial score (nSPS) is 15.1. The second kappa shape index (κ2) is 3.58. The van der Waals surface area contributed by atoms with Gasteiger partial charge in [0, 0.05) is 13.1 Å². The van der Waals surface area contributed by atoms with Crippen LogP contribution in [0.1, 0.15) is 16.8 Å². The molecule has 0 aromatic heterocycles. The van der Waals surface area contributed by atoms with Crippen molar-refractivity contribution in [1.29, 1.82) is 0 Å². The first-order valence-corrected chi connectivity index (χ1v) is 4.81. The van der Waals surface area contributed by atoms with Gasteiger partial charge < -0.3 is 4.90 Å². The van der Waals surface area contributed by atoms with Gasteiger partial charge in [0.25, 0.3) is 5.91 Å². The first-order valence-electron chi connectivity index (χ1n) is 4.43. The zero-order chi connectivity index (χ0) is 10.1. The van der Waals surface area contributed by atoms with Gasteiger partial charge in [0.2, 0.25) is 0 Å². The first-order chi connectivity index (χ1) is 6.70. The van der Waals surface area contributed by atoms with Crippen molar-refractivity contribution in [2.75, 3.05) is 13.1 Å². The molecule has 0 unspecified atom stereocenters. The molecule has 0 aliphatic carbocycles. The predicted octanol–water partition coefficient (Wildman–Crippen LogP) is 2.33. The van der Waals surface area contributed by atoms with E-state index in [2.05, 4.69) is 0 Å². The van der Waals surface area contributed by atoms with Gasteiger partial charge in [-0.05, 0) is 18.6 Å². The van der Waals surface area contributed by atoms with E-state index < -0.39 is 5.82 Å². The minimum atomic E-state index is -0.547. The number of hydrogen-bond donors (Lipinski definition) is 0. The highest BCUT2D eigenvalue weighted by Crippen LogP contribution is 2.22. The fourth-order valence-electron chi connectivity index (χ4n) is 1.38. The van der Waals surface area contributed by atoms with Gasteiger partial charge in [-0.3, -0.25) is 4.79 Å².